The predicted molar refractivity (Wildman–Crippen MR) is 80.2 cm³/mol. The van der Waals surface area contributed by atoms with Gasteiger partial charge in [-0.25, -0.2) is 0 Å². The molecule has 21 heavy (non-hydrogen) atoms. The molecule has 0 radical (unpaired) electrons. The van der Waals surface area contributed by atoms with Gasteiger partial charge < -0.3 is 23.4 Å². The second kappa shape index (κ2) is 8.54. The van der Waals surface area contributed by atoms with Gasteiger partial charge in [-0.05, 0) is 12.1 Å². The fourth-order valence-electron chi connectivity index (χ4n) is 1.97. The summed E-state index contributed by atoms with van der Waals surface area (Å²) in [7, 11) is 3.36. The van der Waals surface area contributed by atoms with Gasteiger partial charge in [0.15, 0.2) is 11.5 Å². The van der Waals surface area contributed by atoms with Crippen molar-refractivity contribution in [3.8, 4) is 11.5 Å². The molecule has 0 aliphatic carbocycles. The van der Waals surface area contributed by atoms with Crippen molar-refractivity contribution in [1.82, 2.24) is 0 Å². The first-order chi connectivity index (χ1) is 10.3. The van der Waals surface area contributed by atoms with Crippen LogP contribution in [0.5, 0.6) is 11.5 Å². The molecule has 0 fully saturated rings. The van der Waals surface area contributed by atoms with Crippen LogP contribution in [0.1, 0.15) is 12.8 Å². The van der Waals surface area contributed by atoms with Crippen LogP contribution < -0.4 is 9.47 Å². The molecular formula is C16H22O5. The zero-order valence-electron chi connectivity index (χ0n) is 12.6. The van der Waals surface area contributed by atoms with E-state index in [1.165, 1.54) is 0 Å². The van der Waals surface area contributed by atoms with Crippen molar-refractivity contribution >= 4 is 11.0 Å². The fraction of sp³-hybridized carbons (Fsp3) is 0.500. The fourth-order valence-corrected chi connectivity index (χ4v) is 1.97. The summed E-state index contributed by atoms with van der Waals surface area (Å²) >= 11 is 0. The van der Waals surface area contributed by atoms with Gasteiger partial charge in [0.1, 0.15) is 5.58 Å². The first-order valence-electron chi connectivity index (χ1n) is 7.10. The monoisotopic (exact) mass is 294 g/mol. The molecule has 5 heteroatoms. The average Bonchev–Trinajstić information content (AvgIpc) is 2.95. The minimum atomic E-state index is 0.578. The third-order valence-corrected chi connectivity index (χ3v) is 3.02. The van der Waals surface area contributed by atoms with E-state index in [-0.39, 0.29) is 0 Å². The van der Waals surface area contributed by atoms with E-state index in [4.69, 9.17) is 23.4 Å². The Morgan fingerprint density at radius 1 is 0.857 bits per heavy atom. The molecule has 1 aromatic carbocycles. The highest BCUT2D eigenvalue weighted by molar-refractivity contribution is 5.81. The highest BCUT2D eigenvalue weighted by Gasteiger charge is 2.10. The first kappa shape index (κ1) is 15.7. The summed E-state index contributed by atoms with van der Waals surface area (Å²) < 4.78 is 27.0. The lowest BCUT2D eigenvalue weighted by Crippen LogP contribution is -2.05. The van der Waals surface area contributed by atoms with Crippen LogP contribution in [0.25, 0.3) is 11.0 Å². The number of hydrogen-bond acceptors (Lipinski definition) is 5. The molecular weight excluding hydrogens is 272 g/mol. The number of methoxy groups -OCH3 is 2. The largest absolute Gasteiger partial charge is 0.490 e. The van der Waals surface area contributed by atoms with Crippen molar-refractivity contribution in [2.24, 2.45) is 0 Å². The molecule has 0 saturated heterocycles. The van der Waals surface area contributed by atoms with Gasteiger partial charge in [0.2, 0.25) is 0 Å². The lowest BCUT2D eigenvalue weighted by Gasteiger charge is -2.13. The summed E-state index contributed by atoms with van der Waals surface area (Å²) in [4.78, 5) is 0. The summed E-state index contributed by atoms with van der Waals surface area (Å²) in [6.45, 7) is 2.52. The summed E-state index contributed by atoms with van der Waals surface area (Å²) in [5.74, 6) is 1.43. The molecule has 0 unspecified atom stereocenters. The van der Waals surface area contributed by atoms with Crippen LogP contribution in [0.4, 0.5) is 0 Å². The zero-order valence-corrected chi connectivity index (χ0v) is 12.6. The standard InChI is InChI=1S/C16H22O5/c1-17-6-3-8-19-15-11-13-5-10-21-14(13)12-16(15)20-9-4-7-18-2/h5,10-12H,3-4,6-9H2,1-2H3. The van der Waals surface area contributed by atoms with Gasteiger partial charge in [0, 0.05) is 51.7 Å². The van der Waals surface area contributed by atoms with Gasteiger partial charge in [-0.3, -0.25) is 0 Å². The van der Waals surface area contributed by atoms with Crippen LogP contribution in [0.3, 0.4) is 0 Å². The summed E-state index contributed by atoms with van der Waals surface area (Å²) in [6, 6.07) is 5.72. The highest BCUT2D eigenvalue weighted by Crippen LogP contribution is 2.33. The Labute approximate surface area is 124 Å². The SMILES string of the molecule is COCCCOc1cc2ccoc2cc1OCCCOC. The van der Waals surface area contributed by atoms with Crippen LogP contribution in [0.2, 0.25) is 0 Å². The number of furan rings is 1. The van der Waals surface area contributed by atoms with Crippen LogP contribution in [0.15, 0.2) is 28.9 Å². The van der Waals surface area contributed by atoms with E-state index in [2.05, 4.69) is 0 Å². The third-order valence-electron chi connectivity index (χ3n) is 3.02. The Balaban J connectivity index is 2.03. The minimum Gasteiger partial charge on any atom is -0.490 e. The maximum absolute atomic E-state index is 5.80. The maximum Gasteiger partial charge on any atom is 0.164 e. The quantitative estimate of drug-likeness (QED) is 0.629. The molecule has 0 bridgehead atoms. The molecule has 116 valence electrons. The summed E-state index contributed by atoms with van der Waals surface area (Å²) in [6.07, 6.45) is 3.33. The second-order valence-electron chi connectivity index (χ2n) is 4.65. The normalized spacial score (nSPS) is 11.0. The number of ether oxygens (including phenoxy) is 4. The molecule has 0 spiro atoms. The van der Waals surface area contributed by atoms with Crippen molar-refractivity contribution in [3.63, 3.8) is 0 Å². The van der Waals surface area contributed by atoms with Crippen molar-refractivity contribution in [2.45, 2.75) is 12.8 Å². The molecule has 0 N–H and O–H groups in total. The van der Waals surface area contributed by atoms with Crippen LogP contribution in [0, 0.1) is 0 Å². The topological polar surface area (TPSA) is 50.1 Å². The van der Waals surface area contributed by atoms with Crippen molar-refractivity contribution in [1.29, 1.82) is 0 Å². The molecule has 5 nitrogen and oxygen atoms in total. The molecule has 0 atom stereocenters. The molecule has 0 amide bonds. The second-order valence-corrected chi connectivity index (χ2v) is 4.65. The third kappa shape index (κ3) is 4.65. The average molecular weight is 294 g/mol. The Morgan fingerprint density at radius 2 is 1.48 bits per heavy atom. The van der Waals surface area contributed by atoms with Gasteiger partial charge >= 0.3 is 0 Å². The Morgan fingerprint density at radius 3 is 2.10 bits per heavy atom. The molecule has 0 saturated carbocycles. The van der Waals surface area contributed by atoms with E-state index in [9.17, 15) is 0 Å². The number of hydrogen-bond donors (Lipinski definition) is 0. The van der Waals surface area contributed by atoms with E-state index in [0.717, 1.165) is 29.6 Å². The van der Waals surface area contributed by atoms with Crippen molar-refractivity contribution in [2.75, 3.05) is 40.6 Å². The van der Waals surface area contributed by atoms with Crippen molar-refractivity contribution in [3.05, 3.63) is 24.5 Å². The zero-order chi connectivity index (χ0) is 14.9. The van der Waals surface area contributed by atoms with E-state index < -0.39 is 0 Å². The van der Waals surface area contributed by atoms with E-state index in [1.807, 2.05) is 18.2 Å². The summed E-state index contributed by atoms with van der Waals surface area (Å²) in [5, 5.41) is 1.00. The maximum atomic E-state index is 5.80. The molecule has 0 aliphatic heterocycles. The Bertz CT molecular complexity index is 488. The molecule has 2 aromatic rings. The smallest absolute Gasteiger partial charge is 0.164 e. The number of rotatable bonds is 10. The van der Waals surface area contributed by atoms with Crippen LogP contribution in [-0.4, -0.2) is 40.6 Å². The molecule has 1 heterocycles. The van der Waals surface area contributed by atoms with Gasteiger partial charge in [0.05, 0.1) is 19.5 Å². The van der Waals surface area contributed by atoms with E-state index in [1.54, 1.807) is 20.5 Å². The van der Waals surface area contributed by atoms with Gasteiger partial charge in [-0.15, -0.1) is 0 Å². The van der Waals surface area contributed by atoms with Gasteiger partial charge in [-0.2, -0.15) is 0 Å². The lowest BCUT2D eigenvalue weighted by atomic mass is 10.2. The number of benzene rings is 1. The molecule has 2 rings (SSSR count). The van der Waals surface area contributed by atoms with Gasteiger partial charge in [0.25, 0.3) is 0 Å². The number of fused-ring (bicyclic) bond motifs is 1. The van der Waals surface area contributed by atoms with Crippen molar-refractivity contribution < 1.29 is 23.4 Å². The predicted octanol–water partition coefficient (Wildman–Crippen LogP) is 3.26. The molecule has 0 aliphatic rings. The van der Waals surface area contributed by atoms with Crippen LogP contribution in [-0.2, 0) is 9.47 Å². The lowest BCUT2D eigenvalue weighted by molar-refractivity contribution is 0.163. The molecule has 1 aromatic heterocycles. The van der Waals surface area contributed by atoms with E-state index in [0.29, 0.717) is 32.2 Å². The van der Waals surface area contributed by atoms with Gasteiger partial charge in [-0.1, -0.05) is 0 Å². The van der Waals surface area contributed by atoms with Crippen LogP contribution >= 0.6 is 0 Å². The summed E-state index contributed by atoms with van der Waals surface area (Å²) in [5.41, 5.74) is 0.793. The first-order valence-corrected chi connectivity index (χ1v) is 7.10. The highest BCUT2D eigenvalue weighted by atomic mass is 16.5. The minimum absolute atomic E-state index is 0.578. The Kier molecular flexibility index (Phi) is 6.37. The van der Waals surface area contributed by atoms with E-state index >= 15 is 0 Å². The Hall–Kier alpha value is -1.72.